The molecule has 0 unspecified atom stereocenters. The van der Waals surface area contributed by atoms with Crippen LogP contribution in [0, 0.1) is 5.92 Å². The van der Waals surface area contributed by atoms with Crippen LogP contribution in [-0.2, 0) is 16.0 Å². The van der Waals surface area contributed by atoms with Crippen molar-refractivity contribution < 1.29 is 19.1 Å². The molecule has 0 saturated carbocycles. The zero-order chi connectivity index (χ0) is 22.5. The molecule has 0 spiro atoms. The van der Waals surface area contributed by atoms with Crippen LogP contribution in [0.5, 0.6) is 11.5 Å². The molecule has 1 aromatic heterocycles. The fraction of sp³-hybridized carbons (Fsp3) is 0.304. The van der Waals surface area contributed by atoms with Crippen LogP contribution >= 0.6 is 11.3 Å². The van der Waals surface area contributed by atoms with Crippen molar-refractivity contribution in [3.05, 3.63) is 59.1 Å². The fourth-order valence-corrected chi connectivity index (χ4v) is 4.30. The molecule has 166 valence electrons. The van der Waals surface area contributed by atoms with Gasteiger partial charge in [0.25, 0.3) is 0 Å². The molecule has 1 saturated heterocycles. The Labute approximate surface area is 190 Å². The lowest BCUT2D eigenvalue weighted by Crippen LogP contribution is -2.28. The number of nitrogens with one attached hydrogen (secondary N) is 1. The van der Waals surface area contributed by atoms with Crippen LogP contribution in [-0.4, -0.2) is 42.3 Å². The Balaban J connectivity index is 1.34. The van der Waals surface area contributed by atoms with Crippen molar-refractivity contribution in [3.63, 3.8) is 0 Å². The number of carbonyl (C=O) groups is 2. The maximum absolute atomic E-state index is 12.7. The summed E-state index contributed by atoms with van der Waals surface area (Å²) in [6.07, 6.45) is 0.779. The van der Waals surface area contributed by atoms with Crippen molar-refractivity contribution >= 4 is 34.0 Å². The zero-order valence-electron chi connectivity index (χ0n) is 17.9. The molecule has 1 aliphatic heterocycles. The van der Waals surface area contributed by atoms with Gasteiger partial charge in [0.2, 0.25) is 16.9 Å². The Hall–Kier alpha value is -3.46. The third-order valence-corrected chi connectivity index (χ3v) is 6.01. The average Bonchev–Trinajstić information content (AvgIpc) is 3.41. The Morgan fingerprint density at radius 1 is 1.12 bits per heavy atom. The molecular weight excluding hydrogens is 428 g/mol. The zero-order valence-corrected chi connectivity index (χ0v) is 18.7. The topological polar surface area (TPSA) is 93.7 Å². The molecule has 3 aromatic rings. The number of rotatable bonds is 8. The number of anilines is 2. The molecule has 1 fully saturated rings. The van der Waals surface area contributed by atoms with E-state index < -0.39 is 5.92 Å². The summed E-state index contributed by atoms with van der Waals surface area (Å²) < 4.78 is 10.6. The third kappa shape index (κ3) is 5.05. The second-order valence-electron chi connectivity index (χ2n) is 7.35. The summed E-state index contributed by atoms with van der Waals surface area (Å²) in [7, 11) is 1.63. The van der Waals surface area contributed by atoms with Crippen molar-refractivity contribution in [2.24, 2.45) is 5.92 Å². The summed E-state index contributed by atoms with van der Waals surface area (Å²) in [6.45, 7) is 2.83. The van der Waals surface area contributed by atoms with Gasteiger partial charge in [0.05, 0.1) is 19.6 Å². The van der Waals surface area contributed by atoms with E-state index in [9.17, 15) is 9.59 Å². The van der Waals surface area contributed by atoms with Crippen LogP contribution in [0.25, 0.3) is 0 Å². The van der Waals surface area contributed by atoms with E-state index in [-0.39, 0.29) is 18.2 Å². The summed E-state index contributed by atoms with van der Waals surface area (Å²) in [4.78, 5) is 26.8. The van der Waals surface area contributed by atoms with E-state index in [1.807, 2.05) is 55.5 Å². The van der Waals surface area contributed by atoms with Crippen LogP contribution in [0.4, 0.5) is 10.8 Å². The first-order valence-electron chi connectivity index (χ1n) is 10.3. The van der Waals surface area contributed by atoms with Crippen LogP contribution in [0.1, 0.15) is 23.9 Å². The molecule has 0 bridgehead atoms. The van der Waals surface area contributed by atoms with Gasteiger partial charge in [-0.2, -0.15) is 0 Å². The lowest BCUT2D eigenvalue weighted by atomic mass is 10.1. The monoisotopic (exact) mass is 452 g/mol. The first-order valence-corrected chi connectivity index (χ1v) is 11.2. The van der Waals surface area contributed by atoms with Gasteiger partial charge < -0.3 is 19.7 Å². The summed E-state index contributed by atoms with van der Waals surface area (Å²) in [5.41, 5.74) is 1.83. The quantitative estimate of drug-likeness (QED) is 0.562. The molecule has 2 aromatic carbocycles. The Kier molecular flexibility index (Phi) is 6.65. The van der Waals surface area contributed by atoms with Gasteiger partial charge in [-0.1, -0.05) is 23.5 Å². The van der Waals surface area contributed by atoms with E-state index in [0.29, 0.717) is 24.7 Å². The molecule has 2 heterocycles. The van der Waals surface area contributed by atoms with Crippen molar-refractivity contribution in [2.75, 3.05) is 30.5 Å². The third-order valence-electron chi connectivity index (χ3n) is 5.17. The van der Waals surface area contributed by atoms with E-state index in [1.54, 1.807) is 12.0 Å². The number of benzene rings is 2. The van der Waals surface area contributed by atoms with Crippen LogP contribution in [0.3, 0.4) is 0 Å². The molecule has 8 nitrogen and oxygen atoms in total. The number of methoxy groups -OCH3 is 1. The van der Waals surface area contributed by atoms with Crippen LogP contribution < -0.4 is 19.7 Å². The Bertz CT molecular complexity index is 1080. The van der Waals surface area contributed by atoms with Gasteiger partial charge in [-0.3, -0.25) is 9.59 Å². The maximum Gasteiger partial charge on any atom is 0.231 e. The predicted molar refractivity (Wildman–Crippen MR) is 122 cm³/mol. The Morgan fingerprint density at radius 3 is 2.53 bits per heavy atom. The Morgan fingerprint density at radius 2 is 1.84 bits per heavy atom. The highest BCUT2D eigenvalue weighted by molar-refractivity contribution is 7.15. The van der Waals surface area contributed by atoms with Gasteiger partial charge in [0, 0.05) is 25.1 Å². The highest BCUT2D eigenvalue weighted by Crippen LogP contribution is 2.28. The number of aromatic nitrogens is 2. The van der Waals surface area contributed by atoms with Gasteiger partial charge in [-0.15, -0.1) is 10.2 Å². The molecule has 4 rings (SSSR count). The van der Waals surface area contributed by atoms with Gasteiger partial charge in [-0.25, -0.2) is 0 Å². The standard InChI is InChI=1S/C23H24N4O4S/c1-3-31-19-10-6-17(7-11-19)27-14-16(13-21(27)28)22(29)24-23-26-25-20(32-23)12-15-4-8-18(30-2)9-5-15/h4-11,16H,3,12-14H2,1-2H3,(H,24,26,29)/t16-/m0/s1. The minimum absolute atomic E-state index is 0.0771. The number of ether oxygens (including phenoxy) is 2. The SMILES string of the molecule is CCOc1ccc(N2C[C@@H](C(=O)Nc3nnc(Cc4ccc(OC)cc4)s3)CC2=O)cc1. The summed E-state index contributed by atoms with van der Waals surface area (Å²) in [6, 6.07) is 15.0. The first kappa shape index (κ1) is 21.8. The number of hydrogen-bond donors (Lipinski definition) is 1. The summed E-state index contributed by atoms with van der Waals surface area (Å²) in [5, 5.41) is 12.3. The van der Waals surface area contributed by atoms with Gasteiger partial charge in [-0.05, 0) is 48.9 Å². The minimum Gasteiger partial charge on any atom is -0.497 e. The molecule has 2 amide bonds. The van der Waals surface area contributed by atoms with Gasteiger partial charge in [0.15, 0.2) is 0 Å². The predicted octanol–water partition coefficient (Wildman–Crippen LogP) is 3.53. The van der Waals surface area contributed by atoms with E-state index in [1.165, 1.54) is 11.3 Å². The van der Waals surface area contributed by atoms with Crippen molar-refractivity contribution in [2.45, 2.75) is 19.8 Å². The number of amides is 2. The summed E-state index contributed by atoms with van der Waals surface area (Å²) >= 11 is 1.33. The van der Waals surface area contributed by atoms with Crippen molar-refractivity contribution in [1.82, 2.24) is 10.2 Å². The largest absolute Gasteiger partial charge is 0.497 e. The van der Waals surface area contributed by atoms with Crippen molar-refractivity contribution in [1.29, 1.82) is 0 Å². The highest BCUT2D eigenvalue weighted by atomic mass is 32.1. The lowest BCUT2D eigenvalue weighted by Gasteiger charge is -2.17. The van der Waals surface area contributed by atoms with Crippen LogP contribution in [0.15, 0.2) is 48.5 Å². The number of hydrogen-bond acceptors (Lipinski definition) is 7. The molecule has 0 aliphatic carbocycles. The molecule has 32 heavy (non-hydrogen) atoms. The smallest absolute Gasteiger partial charge is 0.231 e. The molecule has 1 atom stereocenters. The molecule has 1 aliphatic rings. The molecular formula is C23H24N4O4S. The number of carbonyl (C=O) groups excluding carboxylic acids is 2. The highest BCUT2D eigenvalue weighted by Gasteiger charge is 2.35. The second-order valence-corrected chi connectivity index (χ2v) is 8.41. The minimum atomic E-state index is -0.442. The van der Waals surface area contributed by atoms with E-state index in [4.69, 9.17) is 9.47 Å². The molecule has 9 heteroatoms. The first-order chi connectivity index (χ1) is 15.6. The van der Waals surface area contributed by atoms with E-state index in [2.05, 4.69) is 15.5 Å². The normalized spacial score (nSPS) is 15.6. The van der Waals surface area contributed by atoms with Gasteiger partial charge >= 0.3 is 0 Å². The fourth-order valence-electron chi connectivity index (χ4n) is 3.52. The second kappa shape index (κ2) is 9.78. The maximum atomic E-state index is 12.7. The molecule has 0 radical (unpaired) electrons. The summed E-state index contributed by atoms with van der Waals surface area (Å²) in [5.74, 6) is 0.803. The lowest BCUT2D eigenvalue weighted by molar-refractivity contribution is -0.122. The van der Waals surface area contributed by atoms with Crippen molar-refractivity contribution in [3.8, 4) is 11.5 Å². The average molecular weight is 453 g/mol. The number of nitrogens with zero attached hydrogens (tertiary/aromatic N) is 3. The van der Waals surface area contributed by atoms with Crippen LogP contribution in [0.2, 0.25) is 0 Å². The van der Waals surface area contributed by atoms with Gasteiger partial charge in [0.1, 0.15) is 16.5 Å². The van der Waals surface area contributed by atoms with E-state index in [0.717, 1.165) is 27.8 Å². The van der Waals surface area contributed by atoms with E-state index >= 15 is 0 Å². The molecule has 1 N–H and O–H groups in total.